The van der Waals surface area contributed by atoms with E-state index in [1.165, 1.54) is 0 Å². The Morgan fingerprint density at radius 2 is 2.50 bits per heavy atom. The number of nitrogens with zero attached hydrogens (tertiary/aromatic N) is 2. The number of amides is 1. The van der Waals surface area contributed by atoms with Crippen LogP contribution in [0.3, 0.4) is 0 Å². The normalized spacial score (nSPS) is 12.4. The molecule has 1 rings (SSSR count). The second-order valence-electron chi connectivity index (χ2n) is 3.17. The highest BCUT2D eigenvalue weighted by Crippen LogP contribution is 1.92. The minimum absolute atomic E-state index is 0.0413. The Labute approximate surface area is 89.1 Å². The first kappa shape index (κ1) is 11.1. The van der Waals surface area contributed by atoms with Gasteiger partial charge in [-0.05, 0) is 18.7 Å². The quantitative estimate of drug-likeness (QED) is 0.708. The van der Waals surface area contributed by atoms with Crippen molar-refractivity contribution in [3.63, 3.8) is 0 Å². The summed E-state index contributed by atoms with van der Waals surface area (Å²) < 4.78 is 1.80. The molecule has 1 N–H and O–H groups in total. The van der Waals surface area contributed by atoms with Gasteiger partial charge in [0.05, 0.1) is 6.54 Å². The van der Waals surface area contributed by atoms with Crippen LogP contribution in [-0.4, -0.2) is 27.5 Å². The van der Waals surface area contributed by atoms with Gasteiger partial charge in [-0.2, -0.15) is 17.7 Å². The summed E-state index contributed by atoms with van der Waals surface area (Å²) in [5.41, 5.74) is 0. The monoisotopic (exact) mass is 213 g/mol. The maximum atomic E-state index is 11.2. The van der Waals surface area contributed by atoms with Crippen molar-refractivity contribution in [3.8, 4) is 0 Å². The molecule has 14 heavy (non-hydrogen) atoms. The third kappa shape index (κ3) is 3.83. The van der Waals surface area contributed by atoms with Gasteiger partial charge in [0.25, 0.3) is 0 Å². The van der Waals surface area contributed by atoms with Gasteiger partial charge in [0.15, 0.2) is 0 Å². The highest BCUT2D eigenvalue weighted by molar-refractivity contribution is 7.80. The standard InChI is InChI=1S/C9H15N3OS/c1-8(11-9(13)3-6-14)7-12-5-2-4-10-12/h2,4-5,8,14H,3,6-7H2,1H3,(H,11,13). The molecule has 1 atom stereocenters. The first-order valence-corrected chi connectivity index (χ1v) is 5.23. The zero-order valence-corrected chi connectivity index (χ0v) is 9.08. The fraction of sp³-hybridized carbons (Fsp3) is 0.556. The molecular weight excluding hydrogens is 198 g/mol. The van der Waals surface area contributed by atoms with Crippen LogP contribution in [-0.2, 0) is 11.3 Å². The molecule has 5 heteroatoms. The van der Waals surface area contributed by atoms with Gasteiger partial charge in [0.1, 0.15) is 0 Å². The summed E-state index contributed by atoms with van der Waals surface area (Å²) in [6, 6.07) is 1.96. The van der Waals surface area contributed by atoms with Crippen LogP contribution in [0.2, 0.25) is 0 Å². The van der Waals surface area contributed by atoms with E-state index in [4.69, 9.17) is 0 Å². The molecule has 1 unspecified atom stereocenters. The summed E-state index contributed by atoms with van der Waals surface area (Å²) in [5.74, 6) is 0.625. The van der Waals surface area contributed by atoms with Gasteiger partial charge < -0.3 is 5.32 Å². The lowest BCUT2D eigenvalue weighted by molar-refractivity contribution is -0.121. The number of hydrogen-bond acceptors (Lipinski definition) is 3. The molecule has 1 amide bonds. The summed E-state index contributed by atoms with van der Waals surface area (Å²) >= 11 is 3.99. The van der Waals surface area contributed by atoms with E-state index in [2.05, 4.69) is 23.0 Å². The van der Waals surface area contributed by atoms with Gasteiger partial charge >= 0.3 is 0 Å². The molecule has 1 aromatic heterocycles. The first-order chi connectivity index (χ1) is 6.72. The Balaban J connectivity index is 2.29. The zero-order chi connectivity index (χ0) is 10.4. The molecule has 0 bridgehead atoms. The van der Waals surface area contributed by atoms with Gasteiger partial charge in [-0.3, -0.25) is 9.48 Å². The molecule has 0 radical (unpaired) electrons. The van der Waals surface area contributed by atoms with Crippen molar-refractivity contribution in [2.45, 2.75) is 25.9 Å². The van der Waals surface area contributed by atoms with Crippen LogP contribution in [0.1, 0.15) is 13.3 Å². The Morgan fingerprint density at radius 3 is 3.07 bits per heavy atom. The average Bonchev–Trinajstić information content (AvgIpc) is 2.56. The summed E-state index contributed by atoms with van der Waals surface area (Å²) in [4.78, 5) is 11.2. The molecule has 0 aliphatic rings. The number of nitrogens with one attached hydrogen (secondary N) is 1. The van der Waals surface area contributed by atoms with E-state index in [9.17, 15) is 4.79 Å². The molecular formula is C9H15N3OS. The van der Waals surface area contributed by atoms with Crippen molar-refractivity contribution < 1.29 is 4.79 Å². The van der Waals surface area contributed by atoms with E-state index >= 15 is 0 Å². The predicted octanol–water partition coefficient (Wildman–Crippen LogP) is 0.708. The van der Waals surface area contributed by atoms with Crippen LogP contribution in [0.4, 0.5) is 0 Å². The Morgan fingerprint density at radius 1 is 1.71 bits per heavy atom. The van der Waals surface area contributed by atoms with Crippen LogP contribution < -0.4 is 5.32 Å². The van der Waals surface area contributed by atoms with Crippen LogP contribution in [0.5, 0.6) is 0 Å². The van der Waals surface area contributed by atoms with Gasteiger partial charge in [0, 0.05) is 24.9 Å². The van der Waals surface area contributed by atoms with Gasteiger partial charge in [0.2, 0.25) is 5.91 Å². The molecule has 0 saturated carbocycles. The van der Waals surface area contributed by atoms with E-state index in [1.54, 1.807) is 10.9 Å². The number of aromatic nitrogens is 2. The molecule has 0 aliphatic heterocycles. The largest absolute Gasteiger partial charge is 0.352 e. The molecule has 0 fully saturated rings. The lowest BCUT2D eigenvalue weighted by atomic mass is 10.3. The predicted molar refractivity (Wildman–Crippen MR) is 58.3 cm³/mol. The second kappa shape index (κ2) is 5.70. The first-order valence-electron chi connectivity index (χ1n) is 4.60. The molecule has 1 aromatic rings. The maximum absolute atomic E-state index is 11.2. The molecule has 1 heterocycles. The summed E-state index contributed by atoms with van der Waals surface area (Å²) in [6.07, 6.45) is 4.07. The lowest BCUT2D eigenvalue weighted by Crippen LogP contribution is -2.35. The number of hydrogen-bond donors (Lipinski definition) is 2. The molecule has 4 nitrogen and oxygen atoms in total. The second-order valence-corrected chi connectivity index (χ2v) is 3.62. The molecule has 0 aromatic carbocycles. The van der Waals surface area contributed by atoms with Crippen molar-refractivity contribution in [3.05, 3.63) is 18.5 Å². The van der Waals surface area contributed by atoms with Crippen molar-refractivity contribution in [1.29, 1.82) is 0 Å². The SMILES string of the molecule is CC(Cn1cccn1)NC(=O)CCS. The van der Waals surface area contributed by atoms with Gasteiger partial charge in [-0.25, -0.2) is 0 Å². The average molecular weight is 213 g/mol. The van der Waals surface area contributed by atoms with Crippen LogP contribution >= 0.6 is 12.6 Å². The third-order valence-electron chi connectivity index (χ3n) is 1.77. The van der Waals surface area contributed by atoms with Gasteiger partial charge in [-0.1, -0.05) is 0 Å². The molecule has 0 saturated heterocycles. The maximum Gasteiger partial charge on any atom is 0.221 e. The number of thiol groups is 1. The lowest BCUT2D eigenvalue weighted by Gasteiger charge is -2.13. The van der Waals surface area contributed by atoms with E-state index in [-0.39, 0.29) is 11.9 Å². The highest BCUT2D eigenvalue weighted by Gasteiger charge is 2.06. The fourth-order valence-corrected chi connectivity index (χ4v) is 1.39. The van der Waals surface area contributed by atoms with Crippen molar-refractivity contribution in [2.75, 3.05) is 5.75 Å². The Bertz CT molecular complexity index is 274. The van der Waals surface area contributed by atoms with Crippen molar-refractivity contribution in [2.24, 2.45) is 0 Å². The smallest absolute Gasteiger partial charge is 0.221 e. The Hall–Kier alpha value is -0.970. The fourth-order valence-electron chi connectivity index (χ4n) is 1.18. The van der Waals surface area contributed by atoms with E-state index in [0.717, 1.165) is 0 Å². The van der Waals surface area contributed by atoms with Crippen molar-refractivity contribution >= 4 is 18.5 Å². The topological polar surface area (TPSA) is 46.9 Å². The molecule has 78 valence electrons. The molecule has 0 aliphatic carbocycles. The highest BCUT2D eigenvalue weighted by atomic mass is 32.1. The van der Waals surface area contributed by atoms with Crippen LogP contribution in [0, 0.1) is 0 Å². The molecule has 0 spiro atoms. The summed E-state index contributed by atoms with van der Waals surface area (Å²) in [6.45, 7) is 2.66. The van der Waals surface area contributed by atoms with E-state index in [1.807, 2.05) is 19.2 Å². The number of carbonyl (C=O) groups excluding carboxylic acids is 1. The zero-order valence-electron chi connectivity index (χ0n) is 8.18. The van der Waals surface area contributed by atoms with Crippen LogP contribution in [0.15, 0.2) is 18.5 Å². The van der Waals surface area contributed by atoms with E-state index < -0.39 is 0 Å². The summed E-state index contributed by atoms with van der Waals surface area (Å²) in [7, 11) is 0. The number of carbonyl (C=O) groups is 1. The van der Waals surface area contributed by atoms with Gasteiger partial charge in [-0.15, -0.1) is 0 Å². The van der Waals surface area contributed by atoms with Crippen LogP contribution in [0.25, 0.3) is 0 Å². The van der Waals surface area contributed by atoms with Crippen molar-refractivity contribution in [1.82, 2.24) is 15.1 Å². The Kier molecular flexibility index (Phi) is 4.52. The minimum Gasteiger partial charge on any atom is -0.352 e. The summed E-state index contributed by atoms with van der Waals surface area (Å²) in [5, 5.41) is 6.93. The van der Waals surface area contributed by atoms with E-state index in [0.29, 0.717) is 18.7 Å². The number of rotatable bonds is 5. The minimum atomic E-state index is 0.0413. The third-order valence-corrected chi connectivity index (χ3v) is 1.99.